The van der Waals surface area contributed by atoms with Crippen molar-refractivity contribution in [2.24, 2.45) is 0 Å². The molecule has 0 spiro atoms. The Bertz CT molecular complexity index is 399. The first-order chi connectivity index (χ1) is 7.68. The highest BCUT2D eigenvalue weighted by Crippen LogP contribution is 2.22. The lowest BCUT2D eigenvalue weighted by atomic mass is 10.0. The van der Waals surface area contributed by atoms with Gasteiger partial charge in [-0.15, -0.1) is 0 Å². The van der Waals surface area contributed by atoms with E-state index in [0.717, 1.165) is 12.8 Å². The minimum absolute atomic E-state index is 0.333. The van der Waals surface area contributed by atoms with Crippen LogP contribution in [-0.2, 0) is 4.79 Å². The van der Waals surface area contributed by atoms with Gasteiger partial charge in [0.05, 0.1) is 0 Å². The highest BCUT2D eigenvalue weighted by Gasteiger charge is 2.30. The number of carboxylic acids is 1. The molecule has 0 aliphatic carbocycles. The van der Waals surface area contributed by atoms with E-state index in [2.05, 4.69) is 9.97 Å². The summed E-state index contributed by atoms with van der Waals surface area (Å²) >= 11 is 5.77. The molecule has 0 saturated carbocycles. The van der Waals surface area contributed by atoms with Crippen molar-refractivity contribution in [1.29, 1.82) is 0 Å². The molecule has 2 heterocycles. The Morgan fingerprint density at radius 2 is 2.38 bits per heavy atom. The lowest BCUT2D eigenvalue weighted by molar-refractivity contribution is -0.139. The van der Waals surface area contributed by atoms with Crippen LogP contribution in [0.4, 0.5) is 5.95 Å². The average molecular weight is 242 g/mol. The fraction of sp³-hybridized carbons (Fsp3) is 0.500. The van der Waals surface area contributed by atoms with Crippen molar-refractivity contribution in [3.05, 3.63) is 17.4 Å². The molecule has 1 aliphatic heterocycles. The molecule has 1 atom stereocenters. The van der Waals surface area contributed by atoms with Crippen LogP contribution < -0.4 is 4.90 Å². The first kappa shape index (κ1) is 11.1. The number of aromatic nitrogens is 2. The fourth-order valence-electron chi connectivity index (χ4n) is 1.89. The number of halogens is 1. The zero-order valence-electron chi connectivity index (χ0n) is 8.64. The average Bonchev–Trinajstić information content (AvgIpc) is 2.29. The minimum atomic E-state index is -0.830. The molecule has 0 aromatic carbocycles. The van der Waals surface area contributed by atoms with Gasteiger partial charge in [-0.05, 0) is 25.3 Å². The van der Waals surface area contributed by atoms with Crippen LogP contribution in [0.2, 0.25) is 5.15 Å². The molecule has 1 fully saturated rings. The van der Waals surface area contributed by atoms with Crippen molar-refractivity contribution < 1.29 is 9.90 Å². The van der Waals surface area contributed by atoms with Crippen LogP contribution in [0.3, 0.4) is 0 Å². The number of nitrogens with zero attached hydrogens (tertiary/aromatic N) is 3. The van der Waals surface area contributed by atoms with Gasteiger partial charge in [0, 0.05) is 12.7 Å². The van der Waals surface area contributed by atoms with E-state index >= 15 is 0 Å². The summed E-state index contributed by atoms with van der Waals surface area (Å²) in [6, 6.07) is 1.04. The van der Waals surface area contributed by atoms with E-state index in [1.807, 2.05) is 0 Å². The Kier molecular flexibility index (Phi) is 3.24. The number of anilines is 1. The van der Waals surface area contributed by atoms with Gasteiger partial charge in [0.15, 0.2) is 0 Å². The molecule has 0 radical (unpaired) electrons. The van der Waals surface area contributed by atoms with E-state index < -0.39 is 12.0 Å². The molecule has 2 rings (SSSR count). The molecule has 16 heavy (non-hydrogen) atoms. The third-order valence-electron chi connectivity index (χ3n) is 2.65. The monoisotopic (exact) mass is 241 g/mol. The molecule has 1 unspecified atom stereocenters. The van der Waals surface area contributed by atoms with E-state index in [4.69, 9.17) is 16.7 Å². The van der Waals surface area contributed by atoms with Crippen LogP contribution in [0, 0.1) is 0 Å². The number of aliphatic carboxylic acids is 1. The maximum Gasteiger partial charge on any atom is 0.326 e. The highest BCUT2D eigenvalue weighted by atomic mass is 35.5. The second-order valence-corrected chi connectivity index (χ2v) is 4.11. The molecule has 1 aliphatic rings. The smallest absolute Gasteiger partial charge is 0.326 e. The van der Waals surface area contributed by atoms with Gasteiger partial charge in [0.2, 0.25) is 5.95 Å². The molecule has 5 nitrogen and oxygen atoms in total. The van der Waals surface area contributed by atoms with Crippen molar-refractivity contribution in [1.82, 2.24) is 9.97 Å². The number of hydrogen-bond donors (Lipinski definition) is 1. The standard InChI is InChI=1S/C10H12ClN3O2/c11-8-4-5-12-10(13-8)14-6-2-1-3-7(14)9(15)16/h4-5,7H,1-3,6H2,(H,15,16). The van der Waals surface area contributed by atoms with Gasteiger partial charge in [-0.3, -0.25) is 0 Å². The van der Waals surface area contributed by atoms with Crippen LogP contribution in [-0.4, -0.2) is 33.6 Å². The van der Waals surface area contributed by atoms with Crippen LogP contribution in [0.5, 0.6) is 0 Å². The van der Waals surface area contributed by atoms with Crippen LogP contribution >= 0.6 is 11.6 Å². The first-order valence-corrected chi connectivity index (χ1v) is 5.54. The molecule has 1 aromatic heterocycles. The maximum atomic E-state index is 11.1. The van der Waals surface area contributed by atoms with Gasteiger partial charge in [0.1, 0.15) is 11.2 Å². The molecule has 86 valence electrons. The van der Waals surface area contributed by atoms with Crippen molar-refractivity contribution >= 4 is 23.5 Å². The van der Waals surface area contributed by atoms with E-state index in [9.17, 15) is 4.79 Å². The van der Waals surface area contributed by atoms with Crippen molar-refractivity contribution in [3.63, 3.8) is 0 Å². The van der Waals surface area contributed by atoms with Gasteiger partial charge >= 0.3 is 5.97 Å². The summed E-state index contributed by atoms with van der Waals surface area (Å²) in [5.74, 6) is -0.428. The van der Waals surface area contributed by atoms with Gasteiger partial charge in [-0.1, -0.05) is 11.6 Å². The number of carbonyl (C=O) groups is 1. The topological polar surface area (TPSA) is 66.3 Å². The molecule has 6 heteroatoms. The number of carboxylic acid groups (broad SMARTS) is 1. The van der Waals surface area contributed by atoms with Gasteiger partial charge in [-0.25, -0.2) is 14.8 Å². The molecule has 1 N–H and O–H groups in total. The van der Waals surface area contributed by atoms with Crippen molar-refractivity contribution in [2.45, 2.75) is 25.3 Å². The van der Waals surface area contributed by atoms with E-state index in [1.165, 1.54) is 6.20 Å². The molecular formula is C10H12ClN3O2. The Morgan fingerprint density at radius 1 is 1.56 bits per heavy atom. The number of rotatable bonds is 2. The third kappa shape index (κ3) is 2.24. The van der Waals surface area contributed by atoms with Crippen molar-refractivity contribution in [2.75, 3.05) is 11.4 Å². The van der Waals surface area contributed by atoms with Gasteiger partial charge in [0.25, 0.3) is 0 Å². The Hall–Kier alpha value is -1.36. The number of piperidine rings is 1. The van der Waals surface area contributed by atoms with Crippen molar-refractivity contribution in [3.8, 4) is 0 Å². The fourth-order valence-corrected chi connectivity index (χ4v) is 2.03. The van der Waals surface area contributed by atoms with E-state index in [1.54, 1.807) is 11.0 Å². The second-order valence-electron chi connectivity index (χ2n) is 3.72. The third-order valence-corrected chi connectivity index (χ3v) is 2.86. The summed E-state index contributed by atoms with van der Waals surface area (Å²) in [6.07, 6.45) is 4.05. The molecular weight excluding hydrogens is 230 g/mol. The maximum absolute atomic E-state index is 11.1. The second kappa shape index (κ2) is 4.65. The first-order valence-electron chi connectivity index (χ1n) is 5.16. The zero-order valence-corrected chi connectivity index (χ0v) is 9.39. The van der Waals surface area contributed by atoms with Crippen LogP contribution in [0.15, 0.2) is 12.3 Å². The normalized spacial score (nSPS) is 20.8. The molecule has 0 bridgehead atoms. The largest absolute Gasteiger partial charge is 0.480 e. The summed E-state index contributed by atoms with van der Waals surface area (Å²) in [5, 5.41) is 9.44. The summed E-state index contributed by atoms with van der Waals surface area (Å²) in [5.41, 5.74) is 0. The summed E-state index contributed by atoms with van der Waals surface area (Å²) < 4.78 is 0. The number of hydrogen-bond acceptors (Lipinski definition) is 4. The summed E-state index contributed by atoms with van der Waals surface area (Å²) in [4.78, 5) is 20.9. The van der Waals surface area contributed by atoms with Crippen LogP contribution in [0.1, 0.15) is 19.3 Å². The Morgan fingerprint density at radius 3 is 3.06 bits per heavy atom. The van der Waals surface area contributed by atoms with E-state index in [0.29, 0.717) is 24.1 Å². The van der Waals surface area contributed by atoms with Gasteiger partial charge < -0.3 is 10.0 Å². The highest BCUT2D eigenvalue weighted by molar-refractivity contribution is 6.29. The quantitative estimate of drug-likeness (QED) is 0.797. The summed E-state index contributed by atoms with van der Waals surface area (Å²) in [6.45, 7) is 0.664. The lowest BCUT2D eigenvalue weighted by Crippen LogP contribution is -2.45. The predicted octanol–water partition coefficient (Wildman–Crippen LogP) is 1.57. The summed E-state index contributed by atoms with van der Waals surface area (Å²) in [7, 11) is 0. The minimum Gasteiger partial charge on any atom is -0.480 e. The molecule has 1 saturated heterocycles. The predicted molar refractivity (Wildman–Crippen MR) is 59.7 cm³/mol. The Labute approximate surface area is 98.1 Å². The SMILES string of the molecule is O=C(O)C1CCCCN1c1nccc(Cl)n1. The van der Waals surface area contributed by atoms with Crippen LogP contribution in [0.25, 0.3) is 0 Å². The van der Waals surface area contributed by atoms with Gasteiger partial charge in [-0.2, -0.15) is 0 Å². The van der Waals surface area contributed by atoms with E-state index in [-0.39, 0.29) is 0 Å². The molecule has 0 amide bonds. The molecule has 1 aromatic rings. The zero-order chi connectivity index (χ0) is 11.5. The Balaban J connectivity index is 2.26. The lowest BCUT2D eigenvalue weighted by Gasteiger charge is -2.32.